The molecule has 1 aliphatic carbocycles. The first kappa shape index (κ1) is 16.2. The Balaban J connectivity index is 1.65. The van der Waals surface area contributed by atoms with Crippen molar-refractivity contribution in [1.82, 2.24) is 5.32 Å². The van der Waals surface area contributed by atoms with Crippen LogP contribution in [0.25, 0.3) is 0 Å². The zero-order valence-electron chi connectivity index (χ0n) is 13.4. The molecule has 1 aliphatic rings. The van der Waals surface area contributed by atoms with Gasteiger partial charge in [0.05, 0.1) is 0 Å². The van der Waals surface area contributed by atoms with Gasteiger partial charge in [0.15, 0.2) is 0 Å². The highest BCUT2D eigenvalue weighted by molar-refractivity contribution is 5.96. The van der Waals surface area contributed by atoms with E-state index in [1.165, 1.54) is 24.8 Å². The summed E-state index contributed by atoms with van der Waals surface area (Å²) in [6.07, 6.45) is 3.96. The smallest absolute Gasteiger partial charge is 0.326 e. The maximum absolute atomic E-state index is 12.3. The van der Waals surface area contributed by atoms with Crippen LogP contribution >= 0.6 is 0 Å². The number of nitrogens with one attached hydrogen (secondary N) is 1. The van der Waals surface area contributed by atoms with Crippen molar-refractivity contribution in [2.24, 2.45) is 0 Å². The third kappa shape index (κ3) is 3.82. The molecular weight excluding hydrogens is 302 g/mol. The molecular formula is C20H21NO3. The van der Waals surface area contributed by atoms with Crippen LogP contribution in [-0.2, 0) is 11.2 Å². The first-order valence-corrected chi connectivity index (χ1v) is 8.31. The van der Waals surface area contributed by atoms with Gasteiger partial charge in [0.25, 0.3) is 5.91 Å². The summed E-state index contributed by atoms with van der Waals surface area (Å²) in [5, 5.41) is 12.0. The van der Waals surface area contributed by atoms with Crippen molar-refractivity contribution in [3.05, 3.63) is 71.3 Å². The summed E-state index contributed by atoms with van der Waals surface area (Å²) in [6.45, 7) is 0. The van der Waals surface area contributed by atoms with Crippen LogP contribution < -0.4 is 5.32 Å². The van der Waals surface area contributed by atoms with Crippen molar-refractivity contribution in [2.75, 3.05) is 0 Å². The number of carbonyl (C=O) groups excluding carboxylic acids is 1. The van der Waals surface area contributed by atoms with Gasteiger partial charge in [0, 0.05) is 12.0 Å². The minimum absolute atomic E-state index is 0.266. The average Bonchev–Trinajstić information content (AvgIpc) is 2.54. The molecule has 0 saturated heterocycles. The Morgan fingerprint density at radius 2 is 1.71 bits per heavy atom. The SMILES string of the molecule is O=C(N[C@@H](Cc1ccccc1)C(=O)O)c1ccc(C2CCC2)cc1. The number of carbonyl (C=O) groups is 2. The van der Waals surface area contributed by atoms with Gasteiger partial charge in [0.1, 0.15) is 6.04 Å². The van der Waals surface area contributed by atoms with E-state index in [0.29, 0.717) is 11.5 Å². The Labute approximate surface area is 141 Å². The molecule has 0 radical (unpaired) electrons. The summed E-state index contributed by atoms with van der Waals surface area (Å²) in [5.74, 6) is -0.760. The fourth-order valence-electron chi connectivity index (χ4n) is 2.94. The molecule has 2 aromatic rings. The zero-order chi connectivity index (χ0) is 16.9. The van der Waals surface area contributed by atoms with Gasteiger partial charge in [-0.15, -0.1) is 0 Å². The Kier molecular flexibility index (Phi) is 4.94. The predicted molar refractivity (Wildman–Crippen MR) is 92.1 cm³/mol. The number of amides is 1. The fourth-order valence-corrected chi connectivity index (χ4v) is 2.94. The minimum atomic E-state index is -1.03. The molecule has 3 rings (SSSR count). The molecule has 124 valence electrons. The number of carboxylic acid groups (broad SMARTS) is 1. The third-order valence-corrected chi connectivity index (χ3v) is 4.64. The number of rotatable bonds is 6. The summed E-state index contributed by atoms with van der Waals surface area (Å²) in [6, 6.07) is 15.9. The fraction of sp³-hybridized carbons (Fsp3) is 0.300. The average molecular weight is 323 g/mol. The summed E-state index contributed by atoms with van der Waals surface area (Å²) < 4.78 is 0. The molecule has 1 amide bonds. The van der Waals surface area contributed by atoms with Crippen LogP contribution in [0.2, 0.25) is 0 Å². The van der Waals surface area contributed by atoms with Gasteiger partial charge in [-0.3, -0.25) is 4.79 Å². The number of aliphatic carboxylic acids is 1. The lowest BCUT2D eigenvalue weighted by Gasteiger charge is -2.25. The highest BCUT2D eigenvalue weighted by Gasteiger charge is 2.22. The second kappa shape index (κ2) is 7.30. The first-order chi connectivity index (χ1) is 11.6. The third-order valence-electron chi connectivity index (χ3n) is 4.64. The van der Waals surface area contributed by atoms with E-state index >= 15 is 0 Å². The van der Waals surface area contributed by atoms with Gasteiger partial charge in [-0.05, 0) is 42.0 Å². The van der Waals surface area contributed by atoms with E-state index < -0.39 is 12.0 Å². The molecule has 2 aromatic carbocycles. The molecule has 0 bridgehead atoms. The highest BCUT2D eigenvalue weighted by atomic mass is 16.4. The lowest BCUT2D eigenvalue weighted by Crippen LogP contribution is -2.42. The number of hydrogen-bond acceptors (Lipinski definition) is 2. The number of benzene rings is 2. The molecule has 0 aromatic heterocycles. The molecule has 1 fully saturated rings. The monoisotopic (exact) mass is 323 g/mol. The Bertz CT molecular complexity index is 705. The second-order valence-corrected chi connectivity index (χ2v) is 6.30. The normalized spacial score (nSPS) is 15.3. The Morgan fingerprint density at radius 3 is 2.25 bits per heavy atom. The maximum atomic E-state index is 12.3. The molecule has 1 atom stereocenters. The molecule has 4 nitrogen and oxygen atoms in total. The Morgan fingerprint density at radius 1 is 1.04 bits per heavy atom. The summed E-state index contributed by atoms with van der Waals surface area (Å²) >= 11 is 0. The zero-order valence-corrected chi connectivity index (χ0v) is 13.4. The van der Waals surface area contributed by atoms with E-state index in [1.54, 1.807) is 12.1 Å². The van der Waals surface area contributed by atoms with Crippen molar-refractivity contribution in [1.29, 1.82) is 0 Å². The van der Waals surface area contributed by atoms with Crippen LogP contribution in [0, 0.1) is 0 Å². The van der Waals surface area contributed by atoms with Gasteiger partial charge in [-0.25, -0.2) is 4.79 Å². The van der Waals surface area contributed by atoms with Crippen molar-refractivity contribution in [3.8, 4) is 0 Å². The van der Waals surface area contributed by atoms with Gasteiger partial charge in [0.2, 0.25) is 0 Å². The van der Waals surface area contributed by atoms with Crippen LogP contribution in [0.1, 0.15) is 46.7 Å². The summed E-state index contributed by atoms with van der Waals surface area (Å²) in [4.78, 5) is 23.8. The van der Waals surface area contributed by atoms with Crippen LogP contribution in [-0.4, -0.2) is 23.0 Å². The van der Waals surface area contributed by atoms with Crippen LogP contribution in [0.15, 0.2) is 54.6 Å². The lowest BCUT2D eigenvalue weighted by atomic mass is 9.80. The van der Waals surface area contributed by atoms with Crippen LogP contribution in [0.4, 0.5) is 0 Å². The number of hydrogen-bond donors (Lipinski definition) is 2. The Hall–Kier alpha value is -2.62. The van der Waals surface area contributed by atoms with E-state index in [4.69, 9.17) is 0 Å². The van der Waals surface area contributed by atoms with Crippen LogP contribution in [0.3, 0.4) is 0 Å². The molecule has 0 aliphatic heterocycles. The van der Waals surface area contributed by atoms with E-state index in [9.17, 15) is 14.7 Å². The van der Waals surface area contributed by atoms with Crippen LogP contribution in [0.5, 0.6) is 0 Å². The predicted octanol–water partition coefficient (Wildman–Crippen LogP) is 3.38. The molecule has 4 heteroatoms. The van der Waals surface area contributed by atoms with Gasteiger partial charge in [-0.2, -0.15) is 0 Å². The largest absolute Gasteiger partial charge is 0.480 e. The molecule has 0 unspecified atom stereocenters. The summed E-state index contributed by atoms with van der Waals surface area (Å²) in [7, 11) is 0. The highest BCUT2D eigenvalue weighted by Crippen LogP contribution is 2.36. The topological polar surface area (TPSA) is 66.4 Å². The van der Waals surface area contributed by atoms with E-state index in [1.807, 2.05) is 42.5 Å². The van der Waals surface area contributed by atoms with Crippen molar-refractivity contribution in [3.63, 3.8) is 0 Å². The molecule has 0 heterocycles. The second-order valence-electron chi connectivity index (χ2n) is 6.30. The molecule has 0 spiro atoms. The molecule has 2 N–H and O–H groups in total. The first-order valence-electron chi connectivity index (χ1n) is 8.31. The van der Waals surface area contributed by atoms with Crippen molar-refractivity contribution < 1.29 is 14.7 Å². The van der Waals surface area contributed by atoms with E-state index in [-0.39, 0.29) is 12.3 Å². The van der Waals surface area contributed by atoms with E-state index in [0.717, 1.165) is 5.56 Å². The quantitative estimate of drug-likeness (QED) is 0.856. The lowest BCUT2D eigenvalue weighted by molar-refractivity contribution is -0.139. The number of carboxylic acids is 1. The minimum Gasteiger partial charge on any atom is -0.480 e. The molecule has 1 saturated carbocycles. The van der Waals surface area contributed by atoms with Crippen molar-refractivity contribution >= 4 is 11.9 Å². The van der Waals surface area contributed by atoms with Gasteiger partial charge in [-0.1, -0.05) is 48.9 Å². The van der Waals surface area contributed by atoms with Gasteiger partial charge < -0.3 is 10.4 Å². The standard InChI is InChI=1S/C20H21NO3/c22-19(17-11-9-16(10-12-17)15-7-4-8-15)21-18(20(23)24)13-14-5-2-1-3-6-14/h1-3,5-6,9-12,15,18H,4,7-8,13H2,(H,21,22)(H,23,24)/t18-/m0/s1. The van der Waals surface area contributed by atoms with Crippen molar-refractivity contribution in [2.45, 2.75) is 37.6 Å². The summed E-state index contributed by atoms with van der Waals surface area (Å²) in [5.41, 5.74) is 2.64. The van der Waals surface area contributed by atoms with E-state index in [2.05, 4.69) is 5.32 Å². The maximum Gasteiger partial charge on any atom is 0.326 e. The molecule has 24 heavy (non-hydrogen) atoms. The van der Waals surface area contributed by atoms with Gasteiger partial charge >= 0.3 is 5.97 Å².